The second-order valence-corrected chi connectivity index (χ2v) is 6.12. The first kappa shape index (κ1) is 16.5. The molecule has 0 radical (unpaired) electrons. The van der Waals surface area contributed by atoms with E-state index in [4.69, 9.17) is 5.73 Å². The van der Waals surface area contributed by atoms with Gasteiger partial charge in [-0.05, 0) is 42.9 Å². The molecule has 0 bridgehead atoms. The van der Waals surface area contributed by atoms with Gasteiger partial charge in [0.25, 0.3) is 0 Å². The number of piperidine rings is 1. The molecule has 1 aromatic carbocycles. The third-order valence-corrected chi connectivity index (χ3v) is 4.46. The lowest BCUT2D eigenvalue weighted by atomic mass is 10.00. The third kappa shape index (κ3) is 4.08. The molecule has 0 aromatic heterocycles. The fourth-order valence-electron chi connectivity index (χ4n) is 2.88. The van der Waals surface area contributed by atoms with Crippen LogP contribution in [0.15, 0.2) is 29.3 Å². The molecule has 1 aliphatic heterocycles. The van der Waals surface area contributed by atoms with Crippen molar-refractivity contribution in [2.24, 2.45) is 16.6 Å². The quantitative estimate of drug-likeness (QED) is 0.468. The van der Waals surface area contributed by atoms with Crippen molar-refractivity contribution in [3.63, 3.8) is 0 Å². The van der Waals surface area contributed by atoms with Crippen LogP contribution in [-0.4, -0.2) is 30.0 Å². The molecule has 1 saturated carbocycles. The molecule has 116 valence electrons. The Labute approximate surface area is 142 Å². The number of nitrogens with two attached hydrogens (primary N) is 1. The van der Waals surface area contributed by atoms with Crippen molar-refractivity contribution in [2.75, 3.05) is 13.1 Å². The van der Waals surface area contributed by atoms with Gasteiger partial charge in [-0.15, -0.1) is 24.0 Å². The number of nitrogens with zero attached hydrogens (tertiary/aromatic N) is 2. The number of rotatable bonds is 2. The average Bonchev–Trinajstić information content (AvgIpc) is 3.19. The maximum Gasteiger partial charge on any atom is 0.191 e. The number of halogens is 2. The van der Waals surface area contributed by atoms with E-state index in [1.807, 2.05) is 12.1 Å². The van der Waals surface area contributed by atoms with Crippen LogP contribution in [0, 0.1) is 11.7 Å². The summed E-state index contributed by atoms with van der Waals surface area (Å²) in [6, 6.07) is 7.02. The SMILES string of the molecule is CC1CCN(C(N)=N[C@@H]2C[C@H]2c2ccc(F)cc2)CC1.I. The summed E-state index contributed by atoms with van der Waals surface area (Å²) >= 11 is 0. The Morgan fingerprint density at radius 1 is 1.24 bits per heavy atom. The fourth-order valence-corrected chi connectivity index (χ4v) is 2.88. The summed E-state index contributed by atoms with van der Waals surface area (Å²) < 4.78 is 12.9. The van der Waals surface area contributed by atoms with E-state index < -0.39 is 0 Å². The molecular weight excluding hydrogens is 380 g/mol. The highest BCUT2D eigenvalue weighted by Gasteiger charge is 2.38. The molecule has 2 aliphatic rings. The fraction of sp³-hybridized carbons (Fsp3) is 0.562. The molecular formula is C16H23FIN3. The lowest BCUT2D eigenvalue weighted by Crippen LogP contribution is -2.42. The minimum absolute atomic E-state index is 0. The highest BCUT2D eigenvalue weighted by molar-refractivity contribution is 14.0. The van der Waals surface area contributed by atoms with Crippen LogP contribution >= 0.6 is 24.0 Å². The standard InChI is InChI=1S/C16H22FN3.HI/c1-11-6-8-20(9-7-11)16(18)19-15-10-14(15)12-2-4-13(17)5-3-12;/h2-5,11,14-15H,6-10H2,1H3,(H2,18,19);1H/t14-,15+;/m0./s1. The Balaban J connectivity index is 0.00000161. The van der Waals surface area contributed by atoms with Crippen LogP contribution in [0.25, 0.3) is 0 Å². The minimum atomic E-state index is -0.184. The van der Waals surface area contributed by atoms with Crippen molar-refractivity contribution in [1.82, 2.24) is 4.90 Å². The van der Waals surface area contributed by atoms with E-state index in [-0.39, 0.29) is 35.8 Å². The van der Waals surface area contributed by atoms with E-state index in [2.05, 4.69) is 16.8 Å². The first-order valence-corrected chi connectivity index (χ1v) is 7.47. The van der Waals surface area contributed by atoms with E-state index in [9.17, 15) is 4.39 Å². The summed E-state index contributed by atoms with van der Waals surface area (Å²) in [5.41, 5.74) is 7.28. The predicted octanol–water partition coefficient (Wildman–Crippen LogP) is 3.35. The molecule has 2 N–H and O–H groups in total. The van der Waals surface area contributed by atoms with Gasteiger partial charge in [0.15, 0.2) is 5.96 Å². The first-order chi connectivity index (χ1) is 9.63. The molecule has 5 heteroatoms. The van der Waals surface area contributed by atoms with Crippen LogP contribution in [0.1, 0.15) is 37.7 Å². The Kier molecular flexibility index (Phi) is 5.46. The van der Waals surface area contributed by atoms with Crippen molar-refractivity contribution in [3.05, 3.63) is 35.6 Å². The Morgan fingerprint density at radius 3 is 2.48 bits per heavy atom. The monoisotopic (exact) mass is 403 g/mol. The summed E-state index contributed by atoms with van der Waals surface area (Å²) in [6.45, 7) is 4.32. The van der Waals surface area contributed by atoms with Crippen LogP contribution in [0.5, 0.6) is 0 Å². The van der Waals surface area contributed by atoms with Crippen LogP contribution in [-0.2, 0) is 0 Å². The van der Waals surface area contributed by atoms with E-state index in [0.29, 0.717) is 11.9 Å². The van der Waals surface area contributed by atoms with E-state index in [1.54, 1.807) is 0 Å². The molecule has 2 fully saturated rings. The summed E-state index contributed by atoms with van der Waals surface area (Å²) in [5.74, 6) is 1.72. The number of benzene rings is 1. The topological polar surface area (TPSA) is 41.6 Å². The van der Waals surface area contributed by atoms with Gasteiger partial charge in [0.1, 0.15) is 5.82 Å². The number of hydrogen-bond acceptors (Lipinski definition) is 1. The highest BCUT2D eigenvalue weighted by Crippen LogP contribution is 2.43. The summed E-state index contributed by atoms with van der Waals surface area (Å²) in [5, 5.41) is 0. The molecule has 2 atom stereocenters. The normalized spacial score (nSPS) is 26.4. The zero-order valence-electron chi connectivity index (χ0n) is 12.3. The van der Waals surface area contributed by atoms with Crippen molar-refractivity contribution in [3.8, 4) is 0 Å². The van der Waals surface area contributed by atoms with Gasteiger partial charge in [0.2, 0.25) is 0 Å². The summed E-state index contributed by atoms with van der Waals surface area (Å²) in [7, 11) is 0. The Hall–Kier alpha value is -0.850. The van der Waals surface area contributed by atoms with Crippen molar-refractivity contribution in [2.45, 2.75) is 38.1 Å². The molecule has 3 nitrogen and oxygen atoms in total. The van der Waals surface area contributed by atoms with Gasteiger partial charge < -0.3 is 10.6 Å². The summed E-state index contributed by atoms with van der Waals surface area (Å²) in [4.78, 5) is 6.84. The molecule has 1 aromatic rings. The molecule has 3 rings (SSSR count). The average molecular weight is 403 g/mol. The van der Waals surface area contributed by atoms with Crippen LogP contribution in [0.4, 0.5) is 4.39 Å². The predicted molar refractivity (Wildman–Crippen MR) is 94.6 cm³/mol. The van der Waals surface area contributed by atoms with Crippen molar-refractivity contribution >= 4 is 29.9 Å². The highest BCUT2D eigenvalue weighted by atomic mass is 127. The first-order valence-electron chi connectivity index (χ1n) is 7.47. The van der Waals surface area contributed by atoms with Crippen LogP contribution < -0.4 is 5.73 Å². The number of likely N-dealkylation sites (tertiary alicyclic amines) is 1. The zero-order valence-corrected chi connectivity index (χ0v) is 14.7. The Morgan fingerprint density at radius 2 is 1.86 bits per heavy atom. The van der Waals surface area contributed by atoms with Gasteiger partial charge in [-0.25, -0.2) is 9.38 Å². The lowest BCUT2D eigenvalue weighted by molar-refractivity contribution is 0.277. The number of hydrogen-bond donors (Lipinski definition) is 1. The molecule has 0 amide bonds. The molecule has 1 aliphatic carbocycles. The molecule has 21 heavy (non-hydrogen) atoms. The largest absolute Gasteiger partial charge is 0.370 e. The number of aliphatic imine (C=N–C) groups is 1. The Bertz CT molecular complexity index is 495. The second-order valence-electron chi connectivity index (χ2n) is 6.12. The minimum Gasteiger partial charge on any atom is -0.370 e. The van der Waals surface area contributed by atoms with Gasteiger partial charge >= 0.3 is 0 Å². The van der Waals surface area contributed by atoms with Gasteiger partial charge in [-0.2, -0.15) is 0 Å². The van der Waals surface area contributed by atoms with Crippen LogP contribution in [0.2, 0.25) is 0 Å². The molecule has 1 heterocycles. The smallest absolute Gasteiger partial charge is 0.191 e. The van der Waals surface area contributed by atoms with E-state index >= 15 is 0 Å². The lowest BCUT2D eigenvalue weighted by Gasteiger charge is -2.31. The maximum absolute atomic E-state index is 12.9. The van der Waals surface area contributed by atoms with E-state index in [0.717, 1.165) is 25.4 Å². The third-order valence-electron chi connectivity index (χ3n) is 4.46. The van der Waals surface area contributed by atoms with Gasteiger partial charge in [0.05, 0.1) is 6.04 Å². The van der Waals surface area contributed by atoms with Gasteiger partial charge in [0, 0.05) is 19.0 Å². The van der Waals surface area contributed by atoms with Gasteiger partial charge in [-0.3, -0.25) is 0 Å². The summed E-state index contributed by atoms with van der Waals surface area (Å²) in [6.07, 6.45) is 3.42. The molecule has 0 spiro atoms. The van der Waals surface area contributed by atoms with Crippen molar-refractivity contribution < 1.29 is 4.39 Å². The van der Waals surface area contributed by atoms with Gasteiger partial charge in [-0.1, -0.05) is 19.1 Å². The van der Waals surface area contributed by atoms with Crippen molar-refractivity contribution in [1.29, 1.82) is 0 Å². The zero-order chi connectivity index (χ0) is 14.1. The second kappa shape index (κ2) is 6.94. The van der Waals surface area contributed by atoms with E-state index in [1.165, 1.54) is 30.5 Å². The molecule has 0 unspecified atom stereocenters. The molecule has 1 saturated heterocycles. The van der Waals surface area contributed by atoms with Crippen LogP contribution in [0.3, 0.4) is 0 Å². The number of guanidine groups is 1. The maximum atomic E-state index is 12.9.